The van der Waals surface area contributed by atoms with Gasteiger partial charge in [0.1, 0.15) is 4.91 Å². The van der Waals surface area contributed by atoms with Crippen LogP contribution < -0.4 is 14.7 Å². The predicted octanol–water partition coefficient (Wildman–Crippen LogP) is 7.67. The van der Waals surface area contributed by atoms with Crippen LogP contribution in [0.2, 0.25) is 5.02 Å². The Bertz CT molecular complexity index is 1380. The lowest BCUT2D eigenvalue weighted by molar-refractivity contribution is -0.113. The van der Waals surface area contributed by atoms with Gasteiger partial charge in [-0.15, -0.1) is 0 Å². The molecule has 1 saturated heterocycles. The van der Waals surface area contributed by atoms with Crippen LogP contribution in [0.3, 0.4) is 0 Å². The summed E-state index contributed by atoms with van der Waals surface area (Å²) in [7, 11) is 1.98. The van der Waals surface area contributed by atoms with E-state index in [1.54, 1.807) is 16.7 Å². The number of carbonyl (C=O) groups excluding carboxylic acids is 1. The largest absolute Gasteiger partial charge is 0.372 e. The Morgan fingerprint density at radius 1 is 0.972 bits per heavy atom. The van der Waals surface area contributed by atoms with E-state index in [2.05, 4.69) is 30.9 Å². The SMILES string of the molecule is CCN(CC)c1ccc(N=C2S/C(=C3\Sc4ccc(Cl)cc4N3C)C(=O)N2c2cccc(C)c2)cc1. The second-order valence-electron chi connectivity index (χ2n) is 8.57. The molecule has 2 aliphatic heterocycles. The van der Waals surface area contributed by atoms with Crippen molar-refractivity contribution in [3.05, 3.63) is 87.3 Å². The van der Waals surface area contributed by atoms with Crippen molar-refractivity contribution in [1.29, 1.82) is 0 Å². The molecule has 2 aliphatic rings. The molecule has 5 nitrogen and oxygen atoms in total. The number of aryl methyl sites for hydroxylation is 1. The van der Waals surface area contributed by atoms with Crippen LogP contribution in [-0.4, -0.2) is 31.2 Å². The molecular formula is C28H27ClN4OS2. The van der Waals surface area contributed by atoms with E-state index in [4.69, 9.17) is 16.6 Å². The van der Waals surface area contributed by atoms with Crippen molar-refractivity contribution in [2.75, 3.05) is 34.8 Å². The van der Waals surface area contributed by atoms with E-state index in [0.29, 0.717) is 15.1 Å². The van der Waals surface area contributed by atoms with Crippen LogP contribution in [0.4, 0.5) is 22.7 Å². The summed E-state index contributed by atoms with van der Waals surface area (Å²) in [4.78, 5) is 26.6. The van der Waals surface area contributed by atoms with Gasteiger partial charge in [-0.25, -0.2) is 4.99 Å². The summed E-state index contributed by atoms with van der Waals surface area (Å²) in [5, 5.41) is 2.21. The molecular weight excluding hydrogens is 508 g/mol. The Balaban J connectivity index is 1.56. The Morgan fingerprint density at radius 2 is 1.72 bits per heavy atom. The van der Waals surface area contributed by atoms with E-state index in [-0.39, 0.29) is 5.91 Å². The number of anilines is 3. The third-order valence-corrected chi connectivity index (χ3v) is 8.86. The number of hydrogen-bond acceptors (Lipinski definition) is 6. The van der Waals surface area contributed by atoms with Crippen LogP contribution in [-0.2, 0) is 4.79 Å². The third kappa shape index (κ3) is 4.63. The van der Waals surface area contributed by atoms with E-state index in [0.717, 1.165) is 51.3 Å². The minimum atomic E-state index is -0.0719. The summed E-state index contributed by atoms with van der Waals surface area (Å²) >= 11 is 9.26. The number of benzene rings is 3. The minimum absolute atomic E-state index is 0.0719. The second kappa shape index (κ2) is 10.2. The summed E-state index contributed by atoms with van der Waals surface area (Å²) < 4.78 is 0. The number of rotatable bonds is 5. The molecule has 0 aromatic heterocycles. The van der Waals surface area contributed by atoms with Gasteiger partial charge in [0, 0.05) is 35.7 Å². The molecule has 0 aliphatic carbocycles. The molecule has 36 heavy (non-hydrogen) atoms. The number of halogens is 1. The zero-order chi connectivity index (χ0) is 25.4. The van der Waals surface area contributed by atoms with E-state index < -0.39 is 0 Å². The van der Waals surface area contributed by atoms with E-state index in [1.807, 2.05) is 73.5 Å². The van der Waals surface area contributed by atoms with Crippen molar-refractivity contribution in [1.82, 2.24) is 0 Å². The first-order chi connectivity index (χ1) is 17.4. The first-order valence-electron chi connectivity index (χ1n) is 11.9. The lowest BCUT2D eigenvalue weighted by Crippen LogP contribution is -2.29. The lowest BCUT2D eigenvalue weighted by atomic mass is 10.2. The molecule has 0 saturated carbocycles. The monoisotopic (exact) mass is 534 g/mol. The molecule has 2 heterocycles. The standard InChI is InChI=1S/C28H27ClN4OS2/c1-5-32(6-2)21-13-11-20(12-14-21)30-28-33(22-9-7-8-18(3)16-22)26(34)25(36-28)27-31(4)23-17-19(29)10-15-24(23)35-27/h7-17H,5-6H2,1-4H3/b27-25-,30-28?. The quantitative estimate of drug-likeness (QED) is 0.314. The average Bonchev–Trinajstić information content (AvgIpc) is 3.36. The molecule has 0 atom stereocenters. The van der Waals surface area contributed by atoms with Gasteiger partial charge in [0.2, 0.25) is 0 Å². The number of amides is 1. The van der Waals surface area contributed by atoms with Crippen molar-refractivity contribution < 1.29 is 4.79 Å². The maximum Gasteiger partial charge on any atom is 0.274 e. The highest BCUT2D eigenvalue weighted by molar-refractivity contribution is 8.20. The van der Waals surface area contributed by atoms with Gasteiger partial charge in [0.15, 0.2) is 5.17 Å². The summed E-state index contributed by atoms with van der Waals surface area (Å²) in [5.41, 5.74) is 4.88. The van der Waals surface area contributed by atoms with Crippen LogP contribution in [0.25, 0.3) is 0 Å². The highest BCUT2D eigenvalue weighted by Gasteiger charge is 2.40. The van der Waals surface area contributed by atoms with Gasteiger partial charge in [-0.2, -0.15) is 0 Å². The van der Waals surface area contributed by atoms with Gasteiger partial charge < -0.3 is 9.80 Å². The average molecular weight is 535 g/mol. The molecule has 3 aromatic rings. The Hall–Kier alpha value is -2.87. The van der Waals surface area contributed by atoms with Gasteiger partial charge in [0.05, 0.1) is 22.1 Å². The number of amidine groups is 1. The van der Waals surface area contributed by atoms with Crippen LogP contribution in [0.15, 0.2) is 86.6 Å². The minimum Gasteiger partial charge on any atom is -0.372 e. The highest BCUT2D eigenvalue weighted by atomic mass is 35.5. The topological polar surface area (TPSA) is 39.1 Å². The normalized spacial score (nSPS) is 18.4. The van der Waals surface area contributed by atoms with Crippen molar-refractivity contribution in [2.45, 2.75) is 25.7 Å². The molecule has 1 amide bonds. The Labute approximate surface area is 225 Å². The molecule has 0 radical (unpaired) electrons. The maximum absolute atomic E-state index is 13.9. The number of carbonyl (C=O) groups is 1. The zero-order valence-electron chi connectivity index (χ0n) is 20.7. The predicted molar refractivity (Wildman–Crippen MR) is 156 cm³/mol. The van der Waals surface area contributed by atoms with Gasteiger partial charge in [-0.1, -0.05) is 35.5 Å². The number of thioether (sulfide) groups is 2. The molecule has 5 rings (SSSR count). The molecule has 184 valence electrons. The van der Waals surface area contributed by atoms with E-state index in [1.165, 1.54) is 11.8 Å². The zero-order valence-corrected chi connectivity index (χ0v) is 23.0. The summed E-state index contributed by atoms with van der Waals surface area (Å²) in [6, 6.07) is 22.0. The van der Waals surface area contributed by atoms with Crippen LogP contribution in [0.5, 0.6) is 0 Å². The van der Waals surface area contributed by atoms with Crippen molar-refractivity contribution >= 4 is 68.9 Å². The third-order valence-electron chi connectivity index (χ3n) is 6.23. The van der Waals surface area contributed by atoms with Crippen LogP contribution >= 0.6 is 35.1 Å². The molecule has 0 N–H and O–H groups in total. The number of nitrogens with zero attached hydrogens (tertiary/aromatic N) is 4. The number of aliphatic imine (C=N–C) groups is 1. The fourth-order valence-electron chi connectivity index (χ4n) is 4.33. The van der Waals surface area contributed by atoms with Crippen molar-refractivity contribution in [2.24, 2.45) is 4.99 Å². The molecule has 3 aromatic carbocycles. The van der Waals surface area contributed by atoms with Gasteiger partial charge in [0.25, 0.3) is 5.91 Å². The summed E-state index contributed by atoms with van der Waals surface area (Å²) in [6.45, 7) is 8.23. The van der Waals surface area contributed by atoms with Crippen LogP contribution in [0, 0.1) is 6.92 Å². The fraction of sp³-hybridized carbons (Fsp3) is 0.214. The van der Waals surface area contributed by atoms with Gasteiger partial charge in [-0.05, 0) is 92.7 Å². The first-order valence-corrected chi connectivity index (χ1v) is 13.9. The van der Waals surface area contributed by atoms with E-state index >= 15 is 0 Å². The van der Waals surface area contributed by atoms with E-state index in [9.17, 15) is 4.79 Å². The number of fused-ring (bicyclic) bond motifs is 1. The molecule has 1 fully saturated rings. The number of hydrogen-bond donors (Lipinski definition) is 0. The molecule has 8 heteroatoms. The fourth-order valence-corrected chi connectivity index (χ4v) is 6.82. The Morgan fingerprint density at radius 3 is 2.42 bits per heavy atom. The van der Waals surface area contributed by atoms with Gasteiger partial charge in [-0.3, -0.25) is 9.69 Å². The van der Waals surface area contributed by atoms with Crippen molar-refractivity contribution in [3.8, 4) is 0 Å². The van der Waals surface area contributed by atoms with Gasteiger partial charge >= 0.3 is 0 Å². The Kier molecular flexibility index (Phi) is 7.06. The smallest absolute Gasteiger partial charge is 0.274 e. The maximum atomic E-state index is 13.9. The summed E-state index contributed by atoms with van der Waals surface area (Å²) in [5.74, 6) is -0.0719. The molecule has 0 bridgehead atoms. The highest BCUT2D eigenvalue weighted by Crippen LogP contribution is 2.51. The van der Waals surface area contributed by atoms with Crippen molar-refractivity contribution in [3.63, 3.8) is 0 Å². The molecule has 0 spiro atoms. The van der Waals surface area contributed by atoms with Crippen LogP contribution in [0.1, 0.15) is 19.4 Å². The second-order valence-corrected chi connectivity index (χ2v) is 11.0. The summed E-state index contributed by atoms with van der Waals surface area (Å²) in [6.07, 6.45) is 0. The lowest BCUT2D eigenvalue weighted by Gasteiger charge is -2.21. The molecule has 0 unspecified atom stereocenters. The first kappa shape index (κ1) is 24.8.